The van der Waals surface area contributed by atoms with Crippen molar-refractivity contribution in [2.45, 2.75) is 43.5 Å². The Hall–Kier alpha value is -1.71. The van der Waals surface area contributed by atoms with Crippen LogP contribution in [0.2, 0.25) is 0 Å². The van der Waals surface area contributed by atoms with Gasteiger partial charge in [0.05, 0.1) is 12.8 Å². The highest BCUT2D eigenvalue weighted by molar-refractivity contribution is 8.76. The van der Waals surface area contributed by atoms with E-state index in [1.807, 2.05) is 6.92 Å². The molecule has 0 bridgehead atoms. The van der Waals surface area contributed by atoms with Crippen LogP contribution >= 0.6 is 21.6 Å². The molecule has 0 aliphatic carbocycles. The molecule has 0 spiro atoms. The quantitative estimate of drug-likeness (QED) is 0.176. The fourth-order valence-corrected chi connectivity index (χ4v) is 4.74. The number of hydrogen-bond donors (Lipinski definition) is 2. The number of nitrogens with one attached hydrogen (secondary N) is 1. The molecule has 0 aromatic carbocycles. The van der Waals surface area contributed by atoms with Gasteiger partial charge in [-0.3, -0.25) is 18.9 Å². The zero-order valence-electron chi connectivity index (χ0n) is 15.4. The topological polar surface area (TPSA) is 172 Å². The molecule has 1 saturated heterocycles. The highest BCUT2D eigenvalue weighted by Gasteiger charge is 2.48. The minimum Gasteiger partial charge on any atom is -0.355 e. The lowest BCUT2D eigenvalue weighted by Gasteiger charge is -2.13. The molecule has 2 N–H and O–H groups in total. The smallest absolute Gasteiger partial charge is 0.334 e. The zero-order chi connectivity index (χ0) is 21.7. The maximum absolute atomic E-state index is 11.7. The molecule has 162 valence electrons. The SMILES string of the molecule is CC1(CCC(=O)NCCSSCCC(=O)ON2C(=O)C[C@@H](S(=O)(=O)O)C2=O)N=N1. The summed E-state index contributed by atoms with van der Waals surface area (Å²) in [6.07, 6.45) is 0.0304. The standard InChI is InChI=1S/C14H20N4O8S3/c1-14(16-17-14)4-2-10(19)15-5-7-28-27-6-3-12(21)26-18-11(20)8-9(13(18)22)29(23,24)25/h9H,2-8H2,1H3,(H,15,19)(H,23,24,25)/t9-/m1/s1. The summed E-state index contributed by atoms with van der Waals surface area (Å²) >= 11 is 0. The predicted molar refractivity (Wildman–Crippen MR) is 103 cm³/mol. The molecular formula is C14H20N4O8S3. The highest BCUT2D eigenvalue weighted by Crippen LogP contribution is 2.31. The van der Waals surface area contributed by atoms with Crippen LogP contribution in [0.1, 0.15) is 32.6 Å². The van der Waals surface area contributed by atoms with E-state index in [1.54, 1.807) is 0 Å². The Labute approximate surface area is 174 Å². The number of nitrogens with zero attached hydrogens (tertiary/aromatic N) is 3. The molecule has 29 heavy (non-hydrogen) atoms. The number of carbonyl (C=O) groups excluding carboxylic acids is 4. The van der Waals surface area contributed by atoms with Crippen LogP contribution in [0.15, 0.2) is 10.2 Å². The van der Waals surface area contributed by atoms with Gasteiger partial charge in [0.2, 0.25) is 5.91 Å². The summed E-state index contributed by atoms with van der Waals surface area (Å²) in [5, 5.41) is 8.55. The molecular weight excluding hydrogens is 448 g/mol. The van der Waals surface area contributed by atoms with Gasteiger partial charge < -0.3 is 10.2 Å². The second-order valence-electron chi connectivity index (χ2n) is 6.36. The van der Waals surface area contributed by atoms with Crippen LogP contribution in [0, 0.1) is 0 Å². The number of hydroxylamine groups is 2. The number of rotatable bonds is 12. The van der Waals surface area contributed by atoms with E-state index in [4.69, 9.17) is 4.55 Å². The first-order chi connectivity index (χ1) is 13.5. The maximum atomic E-state index is 11.7. The molecule has 12 nitrogen and oxygen atoms in total. The van der Waals surface area contributed by atoms with E-state index < -0.39 is 45.2 Å². The largest absolute Gasteiger partial charge is 0.355 e. The van der Waals surface area contributed by atoms with Crippen molar-refractivity contribution < 1.29 is 37.0 Å². The Morgan fingerprint density at radius 1 is 1.28 bits per heavy atom. The van der Waals surface area contributed by atoms with Crippen LogP contribution in [0.25, 0.3) is 0 Å². The van der Waals surface area contributed by atoms with Gasteiger partial charge in [-0.2, -0.15) is 18.6 Å². The Balaban J connectivity index is 1.53. The average Bonchev–Trinajstić information content (AvgIpc) is 3.30. The molecule has 2 rings (SSSR count). The van der Waals surface area contributed by atoms with Crippen LogP contribution in [0.3, 0.4) is 0 Å². The third-order valence-electron chi connectivity index (χ3n) is 3.86. The predicted octanol–water partition coefficient (Wildman–Crippen LogP) is 0.310. The third-order valence-corrected chi connectivity index (χ3v) is 7.36. The second-order valence-corrected chi connectivity index (χ2v) is 10.7. The third kappa shape index (κ3) is 7.56. The van der Waals surface area contributed by atoms with Gasteiger partial charge in [0.15, 0.2) is 10.9 Å². The van der Waals surface area contributed by atoms with Crippen LogP contribution in [0.4, 0.5) is 0 Å². The van der Waals surface area contributed by atoms with Crippen molar-refractivity contribution in [3.05, 3.63) is 0 Å². The zero-order valence-corrected chi connectivity index (χ0v) is 17.8. The monoisotopic (exact) mass is 468 g/mol. The molecule has 0 unspecified atom stereocenters. The number of amides is 3. The van der Waals surface area contributed by atoms with E-state index in [2.05, 4.69) is 20.4 Å². The van der Waals surface area contributed by atoms with E-state index >= 15 is 0 Å². The summed E-state index contributed by atoms with van der Waals surface area (Å²) in [5.41, 5.74) is -0.395. The van der Waals surface area contributed by atoms with Crippen LogP contribution in [0.5, 0.6) is 0 Å². The van der Waals surface area contributed by atoms with Crippen LogP contribution < -0.4 is 5.32 Å². The molecule has 2 aliphatic heterocycles. The van der Waals surface area contributed by atoms with Gasteiger partial charge in [0, 0.05) is 30.9 Å². The molecule has 1 fully saturated rings. The first-order valence-electron chi connectivity index (χ1n) is 8.51. The summed E-state index contributed by atoms with van der Waals surface area (Å²) in [5.74, 6) is -2.34. The van der Waals surface area contributed by atoms with E-state index in [9.17, 15) is 27.6 Å². The fourth-order valence-electron chi connectivity index (χ4n) is 2.16. The van der Waals surface area contributed by atoms with Gasteiger partial charge in [-0.1, -0.05) is 21.6 Å². The molecule has 15 heteroatoms. The van der Waals surface area contributed by atoms with Crippen molar-refractivity contribution in [1.29, 1.82) is 0 Å². The second kappa shape index (κ2) is 9.86. The van der Waals surface area contributed by atoms with Gasteiger partial charge in [0.25, 0.3) is 21.9 Å². The average molecular weight is 469 g/mol. The minimum atomic E-state index is -4.75. The van der Waals surface area contributed by atoms with Gasteiger partial charge >= 0.3 is 5.97 Å². The van der Waals surface area contributed by atoms with E-state index in [-0.39, 0.29) is 17.4 Å². The van der Waals surface area contributed by atoms with Crippen LogP contribution in [-0.2, 0) is 34.1 Å². The normalized spacial score (nSPS) is 20.1. The summed E-state index contributed by atoms with van der Waals surface area (Å²) in [6.45, 7) is 2.31. The lowest BCUT2D eigenvalue weighted by Crippen LogP contribution is -2.36. The number of carbonyl (C=O) groups is 4. The Kier molecular flexibility index (Phi) is 8.02. The molecule has 0 aromatic rings. The number of imide groups is 1. The van der Waals surface area contributed by atoms with Gasteiger partial charge in [-0.25, -0.2) is 4.79 Å². The summed E-state index contributed by atoms with van der Waals surface area (Å²) in [6, 6.07) is 0. The Morgan fingerprint density at radius 3 is 2.52 bits per heavy atom. The van der Waals surface area contributed by atoms with Gasteiger partial charge in [0.1, 0.15) is 0 Å². The first-order valence-corrected chi connectivity index (χ1v) is 12.5. The molecule has 0 saturated carbocycles. The summed E-state index contributed by atoms with van der Waals surface area (Å²) < 4.78 is 30.9. The maximum Gasteiger partial charge on any atom is 0.334 e. The summed E-state index contributed by atoms with van der Waals surface area (Å²) in [4.78, 5) is 51.3. The lowest BCUT2D eigenvalue weighted by molar-refractivity contribution is -0.197. The van der Waals surface area contributed by atoms with Gasteiger partial charge in [-0.05, 0) is 6.92 Å². The van der Waals surface area contributed by atoms with Crippen molar-refractivity contribution in [2.24, 2.45) is 10.2 Å². The fraction of sp³-hybridized carbons (Fsp3) is 0.714. The Bertz CT molecular complexity index is 810. The van der Waals surface area contributed by atoms with Crippen molar-refractivity contribution in [1.82, 2.24) is 10.4 Å². The van der Waals surface area contributed by atoms with E-state index in [0.29, 0.717) is 30.9 Å². The molecule has 3 amide bonds. The molecule has 0 aromatic heterocycles. The van der Waals surface area contributed by atoms with Gasteiger partial charge in [-0.15, -0.1) is 5.06 Å². The molecule has 2 heterocycles. The lowest BCUT2D eigenvalue weighted by atomic mass is 10.1. The van der Waals surface area contributed by atoms with Crippen molar-refractivity contribution in [3.63, 3.8) is 0 Å². The molecule has 1 atom stereocenters. The van der Waals surface area contributed by atoms with E-state index in [0.717, 1.165) is 0 Å². The molecule has 2 aliphatic rings. The first kappa shape index (κ1) is 23.6. The summed E-state index contributed by atoms with van der Waals surface area (Å²) in [7, 11) is -1.99. The Morgan fingerprint density at radius 2 is 1.93 bits per heavy atom. The van der Waals surface area contributed by atoms with Crippen molar-refractivity contribution >= 4 is 55.4 Å². The van der Waals surface area contributed by atoms with Crippen LogP contribution in [-0.4, -0.2) is 70.7 Å². The highest BCUT2D eigenvalue weighted by atomic mass is 33.1. The van der Waals surface area contributed by atoms with E-state index in [1.165, 1.54) is 21.6 Å². The number of hydrogen-bond acceptors (Lipinski definition) is 11. The van der Waals surface area contributed by atoms with Crippen molar-refractivity contribution in [3.8, 4) is 0 Å². The van der Waals surface area contributed by atoms with Crippen molar-refractivity contribution in [2.75, 3.05) is 18.1 Å². The molecule has 0 radical (unpaired) electrons. The minimum absolute atomic E-state index is 0.0801.